The molecule has 2 heterocycles. The number of rotatable bonds is 7. The lowest BCUT2D eigenvalue weighted by Crippen LogP contribution is -2.36. The molecule has 4 rings (SSSR count). The van der Waals surface area contributed by atoms with Crippen LogP contribution >= 0.6 is 11.3 Å². The van der Waals surface area contributed by atoms with Crippen molar-refractivity contribution in [1.29, 1.82) is 0 Å². The molecule has 30 heavy (non-hydrogen) atoms. The quantitative estimate of drug-likeness (QED) is 0.350. The number of nitrogens with one attached hydrogen (secondary N) is 2. The van der Waals surface area contributed by atoms with Gasteiger partial charge in [0.25, 0.3) is 0 Å². The minimum atomic E-state index is 0.626. The van der Waals surface area contributed by atoms with Crippen molar-refractivity contribution in [3.63, 3.8) is 0 Å². The Balaban J connectivity index is 1.37. The second-order valence-electron chi connectivity index (χ2n) is 7.09. The van der Waals surface area contributed by atoms with Crippen LogP contribution in [-0.4, -0.2) is 27.0 Å². The number of hydrogen-bond donors (Lipinski definition) is 2. The highest BCUT2D eigenvalue weighted by molar-refractivity contribution is 7.11. The molecule has 6 nitrogen and oxygen atoms in total. The van der Waals surface area contributed by atoms with Gasteiger partial charge in [-0.25, -0.2) is 15.0 Å². The highest BCUT2D eigenvalue weighted by Gasteiger charge is 2.04. The predicted octanol–water partition coefficient (Wildman–Crippen LogP) is 4.10. The maximum Gasteiger partial charge on any atom is 0.191 e. The van der Waals surface area contributed by atoms with Crippen molar-refractivity contribution in [1.82, 2.24) is 25.2 Å². The number of benzene rings is 2. The third-order valence-corrected chi connectivity index (χ3v) is 5.66. The van der Waals surface area contributed by atoms with Crippen molar-refractivity contribution in [3.05, 3.63) is 82.1 Å². The summed E-state index contributed by atoms with van der Waals surface area (Å²) in [5, 5.41) is 7.71. The fourth-order valence-electron chi connectivity index (χ4n) is 3.24. The van der Waals surface area contributed by atoms with E-state index in [0.29, 0.717) is 13.1 Å². The first-order chi connectivity index (χ1) is 14.7. The fraction of sp³-hybridized carbons (Fsp3) is 0.261. The van der Waals surface area contributed by atoms with Gasteiger partial charge in [-0.3, -0.25) is 0 Å². The Morgan fingerprint density at radius 3 is 2.60 bits per heavy atom. The van der Waals surface area contributed by atoms with Gasteiger partial charge in [-0.1, -0.05) is 36.4 Å². The van der Waals surface area contributed by atoms with Gasteiger partial charge >= 0.3 is 0 Å². The fourth-order valence-corrected chi connectivity index (χ4v) is 3.96. The van der Waals surface area contributed by atoms with Crippen molar-refractivity contribution in [2.45, 2.75) is 33.5 Å². The van der Waals surface area contributed by atoms with E-state index in [9.17, 15) is 0 Å². The molecule has 0 aliphatic carbocycles. The maximum absolute atomic E-state index is 4.71. The molecule has 7 heteroatoms. The summed E-state index contributed by atoms with van der Waals surface area (Å²) in [5.74, 6) is 0.805. The summed E-state index contributed by atoms with van der Waals surface area (Å²) in [6.45, 7) is 7.07. The summed E-state index contributed by atoms with van der Waals surface area (Å²) < 4.78 is 2.18. The second kappa shape index (κ2) is 9.54. The lowest BCUT2D eigenvalue weighted by atomic mass is 10.1. The van der Waals surface area contributed by atoms with Crippen LogP contribution in [0.25, 0.3) is 11.0 Å². The van der Waals surface area contributed by atoms with Crippen LogP contribution in [0.15, 0.2) is 66.0 Å². The standard InChI is InChI=1S/C23H26N6S/c1-3-24-23(27-14-22-25-12-17(2)30-22)26-13-18-8-10-19(11-9-18)15-29-16-28-20-6-4-5-7-21(20)29/h4-12,16H,3,13-15H2,1-2H3,(H2,24,26,27). The van der Waals surface area contributed by atoms with Gasteiger partial charge in [-0.2, -0.15) is 0 Å². The zero-order chi connectivity index (χ0) is 20.8. The van der Waals surface area contributed by atoms with E-state index >= 15 is 0 Å². The molecule has 0 saturated heterocycles. The van der Waals surface area contributed by atoms with E-state index in [2.05, 4.69) is 69.3 Å². The summed E-state index contributed by atoms with van der Waals surface area (Å²) in [4.78, 5) is 14.8. The Morgan fingerprint density at radius 2 is 1.83 bits per heavy atom. The van der Waals surface area contributed by atoms with Crippen molar-refractivity contribution >= 4 is 28.3 Å². The van der Waals surface area contributed by atoms with Crippen LogP contribution in [0.1, 0.15) is 27.9 Å². The molecule has 0 atom stereocenters. The van der Waals surface area contributed by atoms with Crippen LogP contribution in [0, 0.1) is 6.92 Å². The first-order valence-electron chi connectivity index (χ1n) is 10.1. The Morgan fingerprint density at radius 1 is 1.03 bits per heavy atom. The summed E-state index contributed by atoms with van der Waals surface area (Å²) >= 11 is 1.70. The van der Waals surface area contributed by atoms with Gasteiger partial charge in [0, 0.05) is 24.2 Å². The molecule has 0 bridgehead atoms. The summed E-state index contributed by atoms with van der Waals surface area (Å²) in [6.07, 6.45) is 3.81. The smallest absolute Gasteiger partial charge is 0.191 e. The number of aromatic nitrogens is 3. The zero-order valence-electron chi connectivity index (χ0n) is 17.3. The molecule has 0 spiro atoms. The highest BCUT2D eigenvalue weighted by atomic mass is 32.1. The van der Waals surface area contributed by atoms with Crippen molar-refractivity contribution in [3.8, 4) is 0 Å². The Hall–Kier alpha value is -3.19. The predicted molar refractivity (Wildman–Crippen MR) is 124 cm³/mol. The maximum atomic E-state index is 4.71. The molecule has 0 aliphatic heterocycles. The molecule has 0 amide bonds. The molecule has 0 aliphatic rings. The van der Waals surface area contributed by atoms with E-state index in [4.69, 9.17) is 4.99 Å². The lowest BCUT2D eigenvalue weighted by molar-refractivity contribution is 0.810. The van der Waals surface area contributed by atoms with Gasteiger partial charge in [-0.05, 0) is 37.1 Å². The molecule has 154 valence electrons. The molecule has 0 fully saturated rings. The molecule has 2 aromatic heterocycles. The number of hydrogen-bond acceptors (Lipinski definition) is 4. The number of aliphatic imine (C=N–C) groups is 1. The van der Waals surface area contributed by atoms with Crippen LogP contribution < -0.4 is 10.6 Å². The Labute approximate surface area is 180 Å². The number of nitrogens with zero attached hydrogens (tertiary/aromatic N) is 4. The SMILES string of the molecule is CCNC(=NCc1ccc(Cn2cnc3ccccc32)cc1)NCc1ncc(C)s1. The van der Waals surface area contributed by atoms with Crippen LogP contribution in [0.3, 0.4) is 0 Å². The molecular formula is C23H26N6S. The molecule has 0 saturated carbocycles. The van der Waals surface area contributed by atoms with E-state index in [-0.39, 0.29) is 0 Å². The van der Waals surface area contributed by atoms with E-state index in [1.54, 1.807) is 11.3 Å². The third-order valence-electron chi connectivity index (χ3n) is 4.74. The van der Waals surface area contributed by atoms with Crippen LogP contribution in [0.2, 0.25) is 0 Å². The highest BCUT2D eigenvalue weighted by Crippen LogP contribution is 2.15. The average molecular weight is 419 g/mol. The van der Waals surface area contributed by atoms with Gasteiger partial charge in [0.05, 0.1) is 30.5 Å². The summed E-state index contributed by atoms with van der Waals surface area (Å²) in [6, 6.07) is 16.8. The van der Waals surface area contributed by atoms with Crippen LogP contribution in [-0.2, 0) is 19.6 Å². The minimum absolute atomic E-state index is 0.626. The van der Waals surface area contributed by atoms with Gasteiger partial charge in [0.15, 0.2) is 5.96 Å². The first kappa shape index (κ1) is 20.1. The van der Waals surface area contributed by atoms with E-state index in [0.717, 1.165) is 35.1 Å². The normalized spacial score (nSPS) is 11.7. The summed E-state index contributed by atoms with van der Waals surface area (Å²) in [7, 11) is 0. The number of para-hydroxylation sites is 2. The number of thiazole rings is 1. The molecule has 2 aromatic carbocycles. The minimum Gasteiger partial charge on any atom is -0.357 e. The molecular weight excluding hydrogens is 392 g/mol. The monoisotopic (exact) mass is 418 g/mol. The van der Waals surface area contributed by atoms with E-state index in [1.165, 1.54) is 16.0 Å². The zero-order valence-corrected chi connectivity index (χ0v) is 18.1. The largest absolute Gasteiger partial charge is 0.357 e. The number of guanidine groups is 1. The Kier molecular flexibility index (Phi) is 6.39. The number of fused-ring (bicyclic) bond motifs is 1. The lowest BCUT2D eigenvalue weighted by Gasteiger charge is -2.10. The Bertz CT molecular complexity index is 1130. The van der Waals surface area contributed by atoms with Gasteiger partial charge in [0.1, 0.15) is 5.01 Å². The van der Waals surface area contributed by atoms with E-state index < -0.39 is 0 Å². The van der Waals surface area contributed by atoms with Gasteiger partial charge < -0.3 is 15.2 Å². The van der Waals surface area contributed by atoms with E-state index in [1.807, 2.05) is 30.7 Å². The van der Waals surface area contributed by atoms with Gasteiger partial charge in [0.2, 0.25) is 0 Å². The van der Waals surface area contributed by atoms with Crippen molar-refractivity contribution < 1.29 is 0 Å². The molecule has 4 aromatic rings. The average Bonchev–Trinajstić information content (AvgIpc) is 3.37. The van der Waals surface area contributed by atoms with Crippen molar-refractivity contribution in [2.75, 3.05) is 6.54 Å². The topological polar surface area (TPSA) is 67.1 Å². The van der Waals surface area contributed by atoms with Crippen molar-refractivity contribution in [2.24, 2.45) is 4.99 Å². The second-order valence-corrected chi connectivity index (χ2v) is 8.41. The number of imidazole rings is 1. The van der Waals surface area contributed by atoms with Gasteiger partial charge in [-0.15, -0.1) is 11.3 Å². The number of aryl methyl sites for hydroxylation is 1. The molecule has 0 unspecified atom stereocenters. The third kappa shape index (κ3) is 5.04. The van der Waals surface area contributed by atoms with Crippen LogP contribution in [0.5, 0.6) is 0 Å². The summed E-state index contributed by atoms with van der Waals surface area (Å²) in [5.41, 5.74) is 4.61. The molecule has 0 radical (unpaired) electrons. The van der Waals surface area contributed by atoms with Crippen LogP contribution in [0.4, 0.5) is 0 Å². The first-order valence-corrected chi connectivity index (χ1v) is 10.9. The molecule has 2 N–H and O–H groups in total.